The van der Waals surface area contributed by atoms with Crippen LogP contribution in [0.2, 0.25) is 0 Å². The van der Waals surface area contributed by atoms with Crippen molar-refractivity contribution in [2.75, 3.05) is 40.3 Å². The molecule has 0 radical (unpaired) electrons. The van der Waals surface area contributed by atoms with Crippen molar-refractivity contribution >= 4 is 5.91 Å². The zero-order valence-electron chi connectivity index (χ0n) is 15.2. The van der Waals surface area contributed by atoms with Crippen LogP contribution in [0, 0.1) is 17.2 Å². The fraction of sp³-hybridized carbons (Fsp3) is 0.579. The second kappa shape index (κ2) is 8.27. The summed E-state index contributed by atoms with van der Waals surface area (Å²) in [7, 11) is 4.04. The monoisotopic (exact) mass is 328 g/mol. The summed E-state index contributed by atoms with van der Waals surface area (Å²) in [5.41, 5.74) is 1.90. The molecule has 1 aliphatic heterocycles. The van der Waals surface area contributed by atoms with Gasteiger partial charge in [-0.15, -0.1) is 0 Å². The van der Waals surface area contributed by atoms with Crippen LogP contribution in [-0.4, -0.2) is 66.9 Å². The van der Waals surface area contributed by atoms with Crippen molar-refractivity contribution in [3.63, 3.8) is 0 Å². The molecule has 1 fully saturated rings. The molecule has 0 bridgehead atoms. The van der Waals surface area contributed by atoms with Gasteiger partial charge in [0.1, 0.15) is 6.04 Å². The summed E-state index contributed by atoms with van der Waals surface area (Å²) in [4.78, 5) is 18.9. The first kappa shape index (κ1) is 18.4. The molecule has 130 valence electrons. The van der Waals surface area contributed by atoms with E-state index in [1.54, 1.807) is 0 Å². The Morgan fingerprint density at radius 2 is 1.92 bits per heavy atom. The molecule has 1 saturated heterocycles. The molecule has 2 rings (SSSR count). The lowest BCUT2D eigenvalue weighted by molar-refractivity contribution is 0.0576. The molecular formula is C19H28N4O. The van der Waals surface area contributed by atoms with Crippen LogP contribution in [0.1, 0.15) is 29.8 Å². The van der Waals surface area contributed by atoms with E-state index in [2.05, 4.69) is 35.8 Å². The highest BCUT2D eigenvalue weighted by Gasteiger charge is 2.28. The highest BCUT2D eigenvalue weighted by atomic mass is 16.2. The van der Waals surface area contributed by atoms with Gasteiger partial charge in [-0.05, 0) is 37.7 Å². The summed E-state index contributed by atoms with van der Waals surface area (Å²) < 4.78 is 0. The van der Waals surface area contributed by atoms with Crippen molar-refractivity contribution in [3.05, 3.63) is 35.4 Å². The Morgan fingerprint density at radius 1 is 1.25 bits per heavy atom. The van der Waals surface area contributed by atoms with E-state index in [9.17, 15) is 10.1 Å². The average molecular weight is 328 g/mol. The topological polar surface area (TPSA) is 50.6 Å². The molecular weight excluding hydrogens is 300 g/mol. The van der Waals surface area contributed by atoms with Crippen molar-refractivity contribution in [2.45, 2.75) is 26.4 Å². The number of nitrogens with zero attached hydrogens (tertiary/aromatic N) is 4. The standard InChI is InChI=1S/C19H28N4O/c1-15(2)18(13-20)22-8-10-23(11-9-22)19(24)17-7-5-6-16(12-17)14-21(3)4/h5-7,12,15,18H,8-11,14H2,1-4H3/t18-/m0/s1. The maximum Gasteiger partial charge on any atom is 0.253 e. The summed E-state index contributed by atoms with van der Waals surface area (Å²) in [5.74, 6) is 0.397. The first-order valence-electron chi connectivity index (χ1n) is 8.59. The fourth-order valence-electron chi connectivity index (χ4n) is 3.21. The first-order chi connectivity index (χ1) is 11.4. The molecule has 1 amide bonds. The minimum absolute atomic E-state index is 0.0642. The van der Waals surface area contributed by atoms with Gasteiger partial charge in [0.05, 0.1) is 6.07 Å². The molecule has 1 aromatic carbocycles. The molecule has 1 aliphatic rings. The summed E-state index contributed by atoms with van der Waals surface area (Å²) >= 11 is 0. The van der Waals surface area contributed by atoms with Gasteiger partial charge in [0.25, 0.3) is 5.91 Å². The first-order valence-corrected chi connectivity index (χ1v) is 8.59. The summed E-state index contributed by atoms with van der Waals surface area (Å²) in [6, 6.07) is 10.2. The SMILES string of the molecule is CC(C)[C@H](C#N)N1CCN(C(=O)c2cccc(CN(C)C)c2)CC1. The minimum Gasteiger partial charge on any atom is -0.336 e. The Labute approximate surface area is 145 Å². The molecule has 0 saturated carbocycles. The van der Waals surface area contributed by atoms with Gasteiger partial charge in [0, 0.05) is 38.3 Å². The van der Waals surface area contributed by atoms with E-state index in [-0.39, 0.29) is 11.9 Å². The zero-order chi connectivity index (χ0) is 17.7. The highest BCUT2D eigenvalue weighted by molar-refractivity contribution is 5.94. The lowest BCUT2D eigenvalue weighted by Crippen LogP contribution is -2.52. The van der Waals surface area contributed by atoms with Crippen molar-refractivity contribution in [1.82, 2.24) is 14.7 Å². The number of carbonyl (C=O) groups is 1. The number of carbonyl (C=O) groups excluding carboxylic acids is 1. The Balaban J connectivity index is 1.99. The van der Waals surface area contributed by atoms with E-state index in [1.165, 1.54) is 0 Å². The molecule has 0 aliphatic carbocycles. The summed E-state index contributed by atoms with van der Waals surface area (Å²) in [6.07, 6.45) is 0. The van der Waals surface area contributed by atoms with Gasteiger partial charge >= 0.3 is 0 Å². The lowest BCUT2D eigenvalue weighted by atomic mass is 10.0. The number of rotatable bonds is 5. The third-order valence-corrected chi connectivity index (χ3v) is 4.43. The number of nitriles is 1. The Bertz CT molecular complexity index is 598. The molecule has 0 unspecified atom stereocenters. The number of hydrogen-bond acceptors (Lipinski definition) is 4. The zero-order valence-corrected chi connectivity index (χ0v) is 15.2. The van der Waals surface area contributed by atoms with Gasteiger partial charge < -0.3 is 9.80 Å². The van der Waals surface area contributed by atoms with Crippen molar-refractivity contribution in [1.29, 1.82) is 5.26 Å². The molecule has 5 heteroatoms. The van der Waals surface area contributed by atoms with Crippen LogP contribution in [0.4, 0.5) is 0 Å². The smallest absolute Gasteiger partial charge is 0.253 e. The second-order valence-corrected chi connectivity index (χ2v) is 7.08. The normalized spacial score (nSPS) is 17.1. The Morgan fingerprint density at radius 3 is 2.46 bits per heavy atom. The summed E-state index contributed by atoms with van der Waals surface area (Å²) in [6.45, 7) is 7.86. The lowest BCUT2D eigenvalue weighted by Gasteiger charge is -2.38. The van der Waals surface area contributed by atoms with Gasteiger partial charge in [-0.3, -0.25) is 9.69 Å². The number of benzene rings is 1. The molecule has 1 atom stereocenters. The van der Waals surface area contributed by atoms with Crippen molar-refractivity contribution in [3.8, 4) is 6.07 Å². The quantitative estimate of drug-likeness (QED) is 0.830. The van der Waals surface area contributed by atoms with Crippen LogP contribution in [0.15, 0.2) is 24.3 Å². The predicted octanol–water partition coefficient (Wildman–Crippen LogP) is 2.05. The Kier molecular flexibility index (Phi) is 6.36. The average Bonchev–Trinajstić information content (AvgIpc) is 2.55. The maximum absolute atomic E-state index is 12.7. The fourth-order valence-corrected chi connectivity index (χ4v) is 3.21. The van der Waals surface area contributed by atoms with Gasteiger partial charge in [0.15, 0.2) is 0 Å². The molecule has 0 spiro atoms. The number of piperazine rings is 1. The van der Waals surface area contributed by atoms with E-state index < -0.39 is 0 Å². The summed E-state index contributed by atoms with van der Waals surface area (Å²) in [5, 5.41) is 9.33. The number of hydrogen-bond donors (Lipinski definition) is 0. The molecule has 0 N–H and O–H groups in total. The van der Waals surface area contributed by atoms with E-state index in [0.29, 0.717) is 19.0 Å². The van der Waals surface area contributed by atoms with Crippen LogP contribution < -0.4 is 0 Å². The molecule has 1 aromatic rings. The van der Waals surface area contributed by atoms with Gasteiger partial charge in [-0.25, -0.2) is 0 Å². The minimum atomic E-state index is -0.0642. The van der Waals surface area contributed by atoms with Crippen LogP contribution >= 0.6 is 0 Å². The maximum atomic E-state index is 12.7. The third-order valence-electron chi connectivity index (χ3n) is 4.43. The molecule has 5 nitrogen and oxygen atoms in total. The van der Waals surface area contributed by atoms with Crippen LogP contribution in [0.25, 0.3) is 0 Å². The second-order valence-electron chi connectivity index (χ2n) is 7.08. The third kappa shape index (κ3) is 4.56. The van der Waals surface area contributed by atoms with Crippen LogP contribution in [0.3, 0.4) is 0 Å². The largest absolute Gasteiger partial charge is 0.336 e. The van der Waals surface area contributed by atoms with E-state index in [1.807, 2.05) is 37.2 Å². The van der Waals surface area contributed by atoms with Gasteiger partial charge in [0.2, 0.25) is 0 Å². The van der Waals surface area contributed by atoms with Crippen molar-refractivity contribution < 1.29 is 4.79 Å². The Hall–Kier alpha value is -1.90. The molecule has 1 heterocycles. The van der Waals surface area contributed by atoms with Gasteiger partial charge in [-0.1, -0.05) is 26.0 Å². The van der Waals surface area contributed by atoms with E-state index in [0.717, 1.165) is 30.8 Å². The molecule has 0 aromatic heterocycles. The van der Waals surface area contributed by atoms with Gasteiger partial charge in [-0.2, -0.15) is 5.26 Å². The van der Waals surface area contributed by atoms with Crippen LogP contribution in [-0.2, 0) is 6.54 Å². The number of amides is 1. The molecule has 24 heavy (non-hydrogen) atoms. The van der Waals surface area contributed by atoms with Crippen LogP contribution in [0.5, 0.6) is 0 Å². The van der Waals surface area contributed by atoms with E-state index in [4.69, 9.17) is 0 Å². The predicted molar refractivity (Wildman–Crippen MR) is 95.5 cm³/mol. The van der Waals surface area contributed by atoms with Crippen molar-refractivity contribution in [2.24, 2.45) is 5.92 Å². The van der Waals surface area contributed by atoms with E-state index >= 15 is 0 Å². The highest BCUT2D eigenvalue weighted by Crippen LogP contribution is 2.16.